The van der Waals surface area contributed by atoms with Gasteiger partial charge in [-0.25, -0.2) is 4.79 Å². The second kappa shape index (κ2) is 11.6. The highest BCUT2D eigenvalue weighted by Crippen LogP contribution is 2.24. The molecule has 1 atom stereocenters. The van der Waals surface area contributed by atoms with E-state index < -0.39 is 6.17 Å². The van der Waals surface area contributed by atoms with Crippen LogP contribution in [0.2, 0.25) is 0 Å². The Morgan fingerprint density at radius 3 is 2.57 bits per heavy atom. The SMILES string of the molecule is C#CCN(C=C)Cc1cccc(CN2C[C@H]3N(CC2=O)C(=O)CN3N(C)C(=O)NCc2ccccc2)c1. The van der Waals surface area contributed by atoms with E-state index in [1.807, 2.05) is 59.5 Å². The minimum Gasteiger partial charge on any atom is -0.363 e. The van der Waals surface area contributed by atoms with E-state index in [0.717, 1.165) is 16.7 Å². The van der Waals surface area contributed by atoms with E-state index in [9.17, 15) is 14.4 Å². The summed E-state index contributed by atoms with van der Waals surface area (Å²) in [5.41, 5.74) is 3.02. The summed E-state index contributed by atoms with van der Waals surface area (Å²) in [5.74, 6) is 2.34. The lowest BCUT2D eigenvalue weighted by Crippen LogP contribution is -2.61. The standard InChI is InChI=1S/C28H32N6O3/c1-4-14-31(5-2)17-23-12-9-13-24(15-23)18-32-19-25-33(20-26(32)35)27(36)21-34(25)30(3)28(37)29-16-22-10-7-6-8-11-22/h1,5-13,15,25H,2,14,16-21H2,3H3,(H,29,37)/t25-/m0/s1. The maximum Gasteiger partial charge on any atom is 0.332 e. The number of hydrazine groups is 1. The van der Waals surface area contributed by atoms with E-state index in [4.69, 9.17) is 6.42 Å². The normalized spacial score (nSPS) is 17.2. The van der Waals surface area contributed by atoms with Gasteiger partial charge in [-0.2, -0.15) is 5.01 Å². The molecule has 0 saturated carbocycles. The molecule has 2 aromatic carbocycles. The molecule has 0 unspecified atom stereocenters. The first-order valence-corrected chi connectivity index (χ1v) is 12.2. The van der Waals surface area contributed by atoms with E-state index in [1.165, 1.54) is 5.01 Å². The maximum absolute atomic E-state index is 12.9. The molecule has 0 aliphatic carbocycles. The number of nitrogens with one attached hydrogen (secondary N) is 1. The van der Waals surface area contributed by atoms with E-state index >= 15 is 0 Å². The summed E-state index contributed by atoms with van der Waals surface area (Å²) >= 11 is 0. The number of piperazine rings is 1. The molecule has 9 heteroatoms. The van der Waals surface area contributed by atoms with E-state index in [2.05, 4.69) is 17.8 Å². The van der Waals surface area contributed by atoms with E-state index in [0.29, 0.717) is 32.7 Å². The number of fused-ring (bicyclic) bond motifs is 1. The van der Waals surface area contributed by atoms with Crippen molar-refractivity contribution in [1.82, 2.24) is 30.0 Å². The van der Waals surface area contributed by atoms with Gasteiger partial charge in [0, 0.05) is 26.7 Å². The van der Waals surface area contributed by atoms with Crippen LogP contribution in [-0.4, -0.2) is 82.0 Å². The molecule has 1 N–H and O–H groups in total. The first-order chi connectivity index (χ1) is 17.9. The Labute approximate surface area is 217 Å². The van der Waals surface area contributed by atoms with Crippen molar-refractivity contribution >= 4 is 17.8 Å². The predicted molar refractivity (Wildman–Crippen MR) is 140 cm³/mol. The number of carbonyl (C=O) groups is 3. The van der Waals surface area contributed by atoms with E-state index in [1.54, 1.807) is 28.1 Å². The summed E-state index contributed by atoms with van der Waals surface area (Å²) in [6.07, 6.45) is 6.74. The third-order valence-electron chi connectivity index (χ3n) is 6.63. The van der Waals surface area contributed by atoms with Crippen molar-refractivity contribution in [1.29, 1.82) is 0 Å². The lowest BCUT2D eigenvalue weighted by molar-refractivity contribution is -0.149. The van der Waals surface area contributed by atoms with Gasteiger partial charge < -0.3 is 20.0 Å². The van der Waals surface area contributed by atoms with Crippen molar-refractivity contribution in [2.24, 2.45) is 0 Å². The highest BCUT2D eigenvalue weighted by atomic mass is 16.2. The smallest absolute Gasteiger partial charge is 0.332 e. The van der Waals surface area contributed by atoms with Gasteiger partial charge in [-0.3, -0.25) is 14.6 Å². The third-order valence-corrected chi connectivity index (χ3v) is 6.63. The number of urea groups is 1. The fraction of sp³-hybridized carbons (Fsp3) is 0.321. The average Bonchev–Trinajstić information content (AvgIpc) is 3.22. The fourth-order valence-electron chi connectivity index (χ4n) is 4.64. The monoisotopic (exact) mass is 500 g/mol. The highest BCUT2D eigenvalue weighted by molar-refractivity contribution is 5.89. The molecule has 4 amide bonds. The number of nitrogens with zero attached hydrogens (tertiary/aromatic N) is 5. The third kappa shape index (κ3) is 6.11. The van der Waals surface area contributed by atoms with Gasteiger partial charge in [0.05, 0.1) is 19.6 Å². The van der Waals surface area contributed by atoms with Gasteiger partial charge in [-0.05, 0) is 22.9 Å². The molecular weight excluding hydrogens is 468 g/mol. The molecule has 0 radical (unpaired) electrons. The Bertz CT molecular complexity index is 1190. The summed E-state index contributed by atoms with van der Waals surface area (Å²) in [5, 5.41) is 6.06. The van der Waals surface area contributed by atoms with Crippen molar-refractivity contribution in [2.45, 2.75) is 25.8 Å². The number of carbonyl (C=O) groups excluding carboxylic acids is 3. The highest BCUT2D eigenvalue weighted by Gasteiger charge is 2.46. The lowest BCUT2D eigenvalue weighted by atomic mass is 10.1. The summed E-state index contributed by atoms with van der Waals surface area (Å²) in [6.45, 7) is 6.03. The fourth-order valence-corrected chi connectivity index (χ4v) is 4.64. The van der Waals surface area contributed by atoms with Crippen molar-refractivity contribution in [3.05, 3.63) is 84.1 Å². The molecule has 0 spiro atoms. The van der Waals surface area contributed by atoms with Gasteiger partial charge in [0.15, 0.2) is 0 Å². The van der Waals surface area contributed by atoms with Crippen molar-refractivity contribution in [3.63, 3.8) is 0 Å². The van der Waals surface area contributed by atoms with Gasteiger partial charge in [0.25, 0.3) is 0 Å². The topological polar surface area (TPSA) is 79.4 Å². The molecule has 2 aromatic rings. The van der Waals surface area contributed by atoms with Crippen molar-refractivity contribution < 1.29 is 14.4 Å². The van der Waals surface area contributed by atoms with Gasteiger partial charge >= 0.3 is 6.03 Å². The number of benzene rings is 2. The second-order valence-corrected chi connectivity index (χ2v) is 9.15. The average molecular weight is 501 g/mol. The zero-order valence-corrected chi connectivity index (χ0v) is 21.0. The predicted octanol–water partition coefficient (Wildman–Crippen LogP) is 1.83. The van der Waals surface area contributed by atoms with Gasteiger partial charge in [-0.15, -0.1) is 6.42 Å². The van der Waals surface area contributed by atoms with Crippen LogP contribution in [0.4, 0.5) is 4.79 Å². The minimum atomic E-state index is -0.409. The van der Waals surface area contributed by atoms with Crippen LogP contribution in [0.25, 0.3) is 0 Å². The van der Waals surface area contributed by atoms with Crippen molar-refractivity contribution in [2.75, 3.05) is 33.2 Å². The summed E-state index contributed by atoms with van der Waals surface area (Å²) in [6, 6.07) is 17.3. The Morgan fingerprint density at radius 2 is 1.84 bits per heavy atom. The molecule has 2 aliphatic rings. The number of amides is 4. The molecule has 2 aliphatic heterocycles. The van der Waals surface area contributed by atoms with Crippen LogP contribution in [0.15, 0.2) is 67.4 Å². The van der Waals surface area contributed by atoms with Gasteiger partial charge in [0.2, 0.25) is 11.8 Å². The molecule has 2 saturated heterocycles. The molecule has 2 heterocycles. The zero-order valence-electron chi connectivity index (χ0n) is 21.0. The zero-order chi connectivity index (χ0) is 26.4. The maximum atomic E-state index is 12.9. The molecule has 4 rings (SSSR count). The molecular formula is C28H32N6O3. The number of terminal acetylenes is 1. The van der Waals surface area contributed by atoms with Crippen molar-refractivity contribution in [3.8, 4) is 12.3 Å². The van der Waals surface area contributed by atoms with Crippen LogP contribution in [0, 0.1) is 12.3 Å². The quantitative estimate of drug-likeness (QED) is 0.532. The molecule has 9 nitrogen and oxygen atoms in total. The molecule has 2 fully saturated rings. The first-order valence-electron chi connectivity index (χ1n) is 12.2. The van der Waals surface area contributed by atoms with Crippen LogP contribution < -0.4 is 5.32 Å². The molecule has 37 heavy (non-hydrogen) atoms. The summed E-state index contributed by atoms with van der Waals surface area (Å²) < 4.78 is 0. The van der Waals surface area contributed by atoms with Gasteiger partial charge in [-0.1, -0.05) is 67.1 Å². The largest absolute Gasteiger partial charge is 0.363 e. The van der Waals surface area contributed by atoms with Crippen LogP contribution in [0.1, 0.15) is 16.7 Å². The molecule has 0 bridgehead atoms. The molecule has 0 aromatic heterocycles. The Hall–Kier alpha value is -4.29. The number of hydrogen-bond acceptors (Lipinski definition) is 5. The van der Waals surface area contributed by atoms with Gasteiger partial charge in [0.1, 0.15) is 12.7 Å². The second-order valence-electron chi connectivity index (χ2n) is 9.15. The van der Waals surface area contributed by atoms with Crippen LogP contribution >= 0.6 is 0 Å². The minimum absolute atomic E-state index is 0.00836. The first kappa shape index (κ1) is 25.8. The molecule has 192 valence electrons. The Morgan fingerprint density at radius 1 is 1.11 bits per heavy atom. The Balaban J connectivity index is 1.41. The van der Waals surface area contributed by atoms with Crippen LogP contribution in [0.3, 0.4) is 0 Å². The summed E-state index contributed by atoms with van der Waals surface area (Å²) in [7, 11) is 1.64. The number of hydrogen-bond donors (Lipinski definition) is 1. The van der Waals surface area contributed by atoms with E-state index in [-0.39, 0.29) is 30.9 Å². The summed E-state index contributed by atoms with van der Waals surface area (Å²) in [4.78, 5) is 43.7. The van der Waals surface area contributed by atoms with Crippen LogP contribution in [0.5, 0.6) is 0 Å². The lowest BCUT2D eigenvalue weighted by Gasteiger charge is -2.41. The Kier molecular flexibility index (Phi) is 8.11. The van der Waals surface area contributed by atoms with Crippen LogP contribution in [-0.2, 0) is 29.2 Å². The number of rotatable bonds is 9.